The molecule has 25 heavy (non-hydrogen) atoms. The van der Waals surface area contributed by atoms with Gasteiger partial charge in [0.2, 0.25) is 0 Å². The van der Waals surface area contributed by atoms with E-state index in [9.17, 15) is 9.59 Å². The van der Waals surface area contributed by atoms with Crippen LogP contribution in [0, 0.1) is 13.8 Å². The summed E-state index contributed by atoms with van der Waals surface area (Å²) in [7, 11) is 1.30. The van der Waals surface area contributed by atoms with Crippen LogP contribution in [-0.2, 0) is 4.74 Å². The molecule has 6 heteroatoms. The molecule has 0 saturated heterocycles. The van der Waals surface area contributed by atoms with E-state index in [2.05, 4.69) is 16.7 Å². The van der Waals surface area contributed by atoms with Gasteiger partial charge in [-0.3, -0.25) is 0 Å². The minimum Gasteiger partial charge on any atom is -0.492 e. The molecule has 0 saturated carbocycles. The second kappa shape index (κ2) is 8.73. The molecule has 0 heterocycles. The van der Waals surface area contributed by atoms with Crippen molar-refractivity contribution in [3.8, 4) is 5.75 Å². The van der Waals surface area contributed by atoms with Crippen LogP contribution in [0.1, 0.15) is 21.5 Å². The molecule has 2 N–H and O–H groups in total. The fourth-order valence-electron chi connectivity index (χ4n) is 2.40. The Kier molecular flexibility index (Phi) is 6.39. The van der Waals surface area contributed by atoms with Crippen molar-refractivity contribution in [1.29, 1.82) is 0 Å². The Hall–Kier alpha value is -3.02. The van der Waals surface area contributed by atoms with Crippen molar-refractivity contribution in [2.75, 3.05) is 25.6 Å². The Morgan fingerprint density at radius 2 is 1.72 bits per heavy atom. The minimum atomic E-state index is -0.506. The minimum absolute atomic E-state index is 0.298. The number of esters is 1. The predicted molar refractivity (Wildman–Crippen MR) is 96.2 cm³/mol. The molecule has 132 valence electrons. The molecule has 0 fully saturated rings. The number of rotatable bonds is 6. The first-order chi connectivity index (χ1) is 12.0. The number of ether oxygens (including phenoxy) is 2. The van der Waals surface area contributed by atoms with Crippen LogP contribution in [0.5, 0.6) is 5.75 Å². The van der Waals surface area contributed by atoms with Crippen molar-refractivity contribution in [2.45, 2.75) is 13.8 Å². The first kappa shape index (κ1) is 18.3. The Balaban J connectivity index is 1.82. The van der Waals surface area contributed by atoms with Gasteiger partial charge < -0.3 is 20.1 Å². The van der Waals surface area contributed by atoms with E-state index in [1.54, 1.807) is 24.3 Å². The van der Waals surface area contributed by atoms with Crippen LogP contribution in [0.3, 0.4) is 0 Å². The van der Waals surface area contributed by atoms with E-state index >= 15 is 0 Å². The van der Waals surface area contributed by atoms with Gasteiger partial charge in [0.05, 0.1) is 24.9 Å². The van der Waals surface area contributed by atoms with Gasteiger partial charge in [-0.15, -0.1) is 0 Å². The number of methoxy groups -OCH3 is 1. The molecular weight excluding hydrogens is 320 g/mol. The quantitative estimate of drug-likeness (QED) is 0.624. The maximum Gasteiger partial charge on any atom is 0.339 e. The maximum absolute atomic E-state index is 12.0. The molecule has 0 bridgehead atoms. The zero-order valence-corrected chi connectivity index (χ0v) is 14.6. The van der Waals surface area contributed by atoms with Crippen molar-refractivity contribution in [2.24, 2.45) is 0 Å². The Labute approximate surface area is 147 Å². The number of carbonyl (C=O) groups excluding carboxylic acids is 2. The van der Waals surface area contributed by atoms with E-state index in [-0.39, 0.29) is 0 Å². The molecule has 2 aromatic carbocycles. The third kappa shape index (κ3) is 5.53. The number of carbonyl (C=O) groups is 2. The maximum atomic E-state index is 12.0. The standard InChI is InChI=1S/C19H22N2O4/c1-13-10-14(2)12-15(11-13)25-9-8-20-19(23)21-17-7-5-4-6-16(17)18(22)24-3/h4-7,10-12H,8-9H2,1-3H3,(H2,20,21,23). The molecule has 0 unspecified atom stereocenters. The van der Waals surface area contributed by atoms with Gasteiger partial charge in [0.25, 0.3) is 0 Å². The zero-order valence-electron chi connectivity index (χ0n) is 14.6. The fraction of sp³-hybridized carbons (Fsp3) is 0.263. The number of anilines is 1. The SMILES string of the molecule is COC(=O)c1ccccc1NC(=O)NCCOc1cc(C)cc(C)c1. The van der Waals surface area contributed by atoms with Crippen molar-refractivity contribution < 1.29 is 19.1 Å². The van der Waals surface area contributed by atoms with E-state index in [1.807, 2.05) is 26.0 Å². The first-order valence-corrected chi connectivity index (χ1v) is 7.93. The molecule has 0 atom stereocenters. The van der Waals surface area contributed by atoms with Crippen LogP contribution in [0.25, 0.3) is 0 Å². The average molecular weight is 342 g/mol. The largest absolute Gasteiger partial charge is 0.492 e. The zero-order chi connectivity index (χ0) is 18.2. The number of amides is 2. The number of benzene rings is 2. The summed E-state index contributed by atoms with van der Waals surface area (Å²) >= 11 is 0. The third-order valence-corrected chi connectivity index (χ3v) is 3.43. The monoisotopic (exact) mass is 342 g/mol. The fourth-order valence-corrected chi connectivity index (χ4v) is 2.40. The lowest BCUT2D eigenvalue weighted by Gasteiger charge is -2.12. The second-order valence-corrected chi connectivity index (χ2v) is 5.59. The highest BCUT2D eigenvalue weighted by molar-refractivity contribution is 6.00. The first-order valence-electron chi connectivity index (χ1n) is 7.93. The molecule has 0 aliphatic carbocycles. The summed E-state index contributed by atoms with van der Waals surface area (Å²) in [6.45, 7) is 4.68. The Bertz CT molecular complexity index is 739. The molecule has 0 aliphatic rings. The number of urea groups is 1. The predicted octanol–water partition coefficient (Wildman–Crippen LogP) is 3.29. The normalized spacial score (nSPS) is 10.0. The van der Waals surface area contributed by atoms with E-state index in [0.29, 0.717) is 24.4 Å². The smallest absolute Gasteiger partial charge is 0.339 e. The van der Waals surface area contributed by atoms with Gasteiger partial charge in [-0.1, -0.05) is 18.2 Å². The van der Waals surface area contributed by atoms with E-state index in [4.69, 9.17) is 9.47 Å². The number of para-hydroxylation sites is 1. The van der Waals surface area contributed by atoms with Gasteiger partial charge in [0.15, 0.2) is 0 Å². The summed E-state index contributed by atoms with van der Waals surface area (Å²) in [5, 5.41) is 5.32. The number of nitrogens with one attached hydrogen (secondary N) is 2. The molecule has 0 spiro atoms. The lowest BCUT2D eigenvalue weighted by molar-refractivity contribution is 0.0602. The van der Waals surface area contributed by atoms with Crippen LogP contribution in [0.15, 0.2) is 42.5 Å². The van der Waals surface area contributed by atoms with Crippen LogP contribution < -0.4 is 15.4 Å². The summed E-state index contributed by atoms with van der Waals surface area (Å²) in [6.07, 6.45) is 0. The molecule has 0 aliphatic heterocycles. The van der Waals surface area contributed by atoms with Gasteiger partial charge in [0.1, 0.15) is 12.4 Å². The summed E-state index contributed by atoms with van der Waals surface area (Å²) in [4.78, 5) is 23.6. The highest BCUT2D eigenvalue weighted by Crippen LogP contribution is 2.16. The van der Waals surface area contributed by atoms with E-state index in [1.165, 1.54) is 7.11 Å². The summed E-state index contributed by atoms with van der Waals surface area (Å²) in [6, 6.07) is 12.2. The van der Waals surface area contributed by atoms with Crippen molar-refractivity contribution in [3.63, 3.8) is 0 Å². The Morgan fingerprint density at radius 3 is 2.40 bits per heavy atom. The molecule has 2 amide bonds. The topological polar surface area (TPSA) is 76.7 Å². The van der Waals surface area contributed by atoms with E-state index < -0.39 is 12.0 Å². The average Bonchev–Trinajstić information content (AvgIpc) is 2.58. The van der Waals surface area contributed by atoms with Crippen molar-refractivity contribution >= 4 is 17.7 Å². The second-order valence-electron chi connectivity index (χ2n) is 5.59. The van der Waals surface area contributed by atoms with Gasteiger partial charge in [-0.2, -0.15) is 0 Å². The molecule has 6 nitrogen and oxygen atoms in total. The van der Waals surface area contributed by atoms with Crippen LogP contribution in [0.4, 0.5) is 10.5 Å². The van der Waals surface area contributed by atoms with Crippen LogP contribution in [-0.4, -0.2) is 32.3 Å². The highest BCUT2D eigenvalue weighted by atomic mass is 16.5. The molecule has 0 aromatic heterocycles. The number of hydrogen-bond donors (Lipinski definition) is 2. The molecule has 2 aromatic rings. The van der Waals surface area contributed by atoms with Gasteiger partial charge >= 0.3 is 12.0 Å². The summed E-state index contributed by atoms with van der Waals surface area (Å²) in [5.74, 6) is 0.268. The molecule has 2 rings (SSSR count). The van der Waals surface area contributed by atoms with Gasteiger partial charge in [0, 0.05) is 0 Å². The van der Waals surface area contributed by atoms with Crippen molar-refractivity contribution in [3.05, 3.63) is 59.2 Å². The number of aryl methyl sites for hydroxylation is 2. The van der Waals surface area contributed by atoms with Crippen LogP contribution in [0.2, 0.25) is 0 Å². The highest BCUT2D eigenvalue weighted by Gasteiger charge is 2.12. The molecule has 0 radical (unpaired) electrons. The summed E-state index contributed by atoms with van der Waals surface area (Å²) in [5.41, 5.74) is 2.94. The third-order valence-electron chi connectivity index (χ3n) is 3.43. The summed E-state index contributed by atoms with van der Waals surface area (Å²) < 4.78 is 10.3. The number of hydrogen-bond acceptors (Lipinski definition) is 4. The lowest BCUT2D eigenvalue weighted by atomic mass is 10.1. The Morgan fingerprint density at radius 1 is 1.04 bits per heavy atom. The van der Waals surface area contributed by atoms with Gasteiger partial charge in [-0.25, -0.2) is 9.59 Å². The van der Waals surface area contributed by atoms with Crippen LogP contribution >= 0.6 is 0 Å². The van der Waals surface area contributed by atoms with Crippen molar-refractivity contribution in [1.82, 2.24) is 5.32 Å². The van der Waals surface area contributed by atoms with E-state index in [0.717, 1.165) is 16.9 Å². The van der Waals surface area contributed by atoms with Gasteiger partial charge in [-0.05, 0) is 49.2 Å². The lowest BCUT2D eigenvalue weighted by Crippen LogP contribution is -2.32. The molecular formula is C19H22N2O4.